The number of hydrogen-bond donors (Lipinski definition) is 1. The molecule has 35 heavy (non-hydrogen) atoms. The summed E-state index contributed by atoms with van der Waals surface area (Å²) in [6, 6.07) is 16.0. The Morgan fingerprint density at radius 2 is 1.89 bits per heavy atom. The molecule has 0 saturated carbocycles. The quantitative estimate of drug-likeness (QED) is 0.215. The Morgan fingerprint density at radius 1 is 1.14 bits per heavy atom. The fourth-order valence-electron chi connectivity index (χ4n) is 3.32. The summed E-state index contributed by atoms with van der Waals surface area (Å²) in [5.41, 5.74) is 3.11. The van der Waals surface area contributed by atoms with Gasteiger partial charge in [0.2, 0.25) is 5.91 Å². The summed E-state index contributed by atoms with van der Waals surface area (Å²) in [6.07, 6.45) is 0. The Balaban J connectivity index is 1.31. The van der Waals surface area contributed by atoms with Crippen molar-refractivity contribution < 1.29 is 9.53 Å². The highest BCUT2D eigenvalue weighted by Crippen LogP contribution is 2.27. The summed E-state index contributed by atoms with van der Waals surface area (Å²) < 4.78 is 8.89. The number of amides is 1. The van der Waals surface area contributed by atoms with Crippen molar-refractivity contribution in [2.45, 2.75) is 45.0 Å². The molecule has 0 atom stereocenters. The molecule has 0 radical (unpaired) electrons. The molecule has 2 aromatic carbocycles. The molecule has 0 aliphatic rings. The molecule has 2 aromatic heterocycles. The van der Waals surface area contributed by atoms with Gasteiger partial charge in [-0.1, -0.05) is 65.8 Å². The van der Waals surface area contributed by atoms with E-state index in [0.717, 1.165) is 27.3 Å². The van der Waals surface area contributed by atoms with Crippen LogP contribution < -0.4 is 10.1 Å². The highest BCUT2D eigenvalue weighted by atomic mass is 79.9. The number of carbonyl (C=O) groups excluding carboxylic acids is 1. The Bertz CT molecular complexity index is 1270. The third kappa shape index (κ3) is 6.71. The lowest BCUT2D eigenvalue weighted by Gasteiger charge is -2.10. The number of benzene rings is 2. The van der Waals surface area contributed by atoms with E-state index in [1.165, 1.54) is 28.7 Å². The molecule has 4 rings (SSSR count). The van der Waals surface area contributed by atoms with E-state index in [2.05, 4.69) is 62.4 Å². The summed E-state index contributed by atoms with van der Waals surface area (Å²) in [7, 11) is 0. The van der Waals surface area contributed by atoms with Crippen LogP contribution in [0, 0.1) is 0 Å². The number of nitrogens with one attached hydrogen (secondary N) is 1. The van der Waals surface area contributed by atoms with Crippen LogP contribution in [-0.4, -0.2) is 31.4 Å². The zero-order valence-corrected chi connectivity index (χ0v) is 22.9. The molecule has 0 fully saturated rings. The standard InChI is InChI=1S/C25H26BrN5O2S2/c1-4-31-22(13-33-20-11-7-17(8-12-20)16(2)3)29-30-25(31)35-15-23(32)28-24-27-21(14-34-24)18-5-9-19(26)10-6-18/h5-12,14,16H,4,13,15H2,1-3H3,(H,27,28,32). The highest BCUT2D eigenvalue weighted by molar-refractivity contribution is 9.10. The minimum atomic E-state index is -0.139. The van der Waals surface area contributed by atoms with Crippen LogP contribution in [0.15, 0.2) is 63.5 Å². The number of nitrogens with zero attached hydrogens (tertiary/aromatic N) is 4. The van der Waals surface area contributed by atoms with Crippen LogP contribution in [-0.2, 0) is 17.9 Å². The molecule has 1 amide bonds. The number of thioether (sulfide) groups is 1. The zero-order valence-electron chi connectivity index (χ0n) is 19.7. The van der Waals surface area contributed by atoms with Crippen molar-refractivity contribution in [3.05, 3.63) is 69.8 Å². The van der Waals surface area contributed by atoms with E-state index in [1.807, 2.05) is 53.3 Å². The molecule has 10 heteroatoms. The monoisotopic (exact) mass is 571 g/mol. The Hall–Kier alpha value is -2.69. The van der Waals surface area contributed by atoms with E-state index < -0.39 is 0 Å². The first-order chi connectivity index (χ1) is 16.9. The second-order valence-electron chi connectivity index (χ2n) is 8.04. The van der Waals surface area contributed by atoms with Gasteiger partial charge in [-0.3, -0.25) is 4.79 Å². The lowest BCUT2D eigenvalue weighted by Crippen LogP contribution is -2.14. The van der Waals surface area contributed by atoms with Crippen molar-refractivity contribution >= 4 is 50.1 Å². The maximum Gasteiger partial charge on any atom is 0.236 e. The van der Waals surface area contributed by atoms with Gasteiger partial charge in [-0.15, -0.1) is 21.5 Å². The second kappa shape index (κ2) is 11.8. The van der Waals surface area contributed by atoms with Crippen molar-refractivity contribution in [2.75, 3.05) is 11.1 Å². The third-order valence-corrected chi connectivity index (χ3v) is 7.50. The molecule has 0 unspecified atom stereocenters. The first-order valence-electron chi connectivity index (χ1n) is 11.2. The van der Waals surface area contributed by atoms with E-state index in [4.69, 9.17) is 4.74 Å². The van der Waals surface area contributed by atoms with E-state index >= 15 is 0 Å². The molecule has 4 aromatic rings. The smallest absolute Gasteiger partial charge is 0.236 e. The van der Waals surface area contributed by atoms with E-state index in [0.29, 0.717) is 29.4 Å². The van der Waals surface area contributed by atoms with Crippen LogP contribution in [0.5, 0.6) is 5.75 Å². The van der Waals surface area contributed by atoms with Crippen LogP contribution in [0.4, 0.5) is 5.13 Å². The lowest BCUT2D eigenvalue weighted by atomic mass is 10.0. The van der Waals surface area contributed by atoms with Crippen LogP contribution in [0.25, 0.3) is 11.3 Å². The second-order valence-corrected chi connectivity index (χ2v) is 10.8. The highest BCUT2D eigenvalue weighted by Gasteiger charge is 2.15. The van der Waals surface area contributed by atoms with Crippen LogP contribution >= 0.6 is 39.0 Å². The molecule has 0 bridgehead atoms. The molecule has 1 N–H and O–H groups in total. The summed E-state index contributed by atoms with van der Waals surface area (Å²) in [6.45, 7) is 7.35. The maximum atomic E-state index is 12.5. The Morgan fingerprint density at radius 3 is 2.57 bits per heavy atom. The van der Waals surface area contributed by atoms with Gasteiger partial charge in [0.1, 0.15) is 12.4 Å². The van der Waals surface area contributed by atoms with Gasteiger partial charge in [-0.25, -0.2) is 4.98 Å². The van der Waals surface area contributed by atoms with E-state index in [9.17, 15) is 4.79 Å². The van der Waals surface area contributed by atoms with Gasteiger partial charge >= 0.3 is 0 Å². The maximum absolute atomic E-state index is 12.5. The number of aromatic nitrogens is 4. The summed E-state index contributed by atoms with van der Waals surface area (Å²) in [4.78, 5) is 17.0. The minimum Gasteiger partial charge on any atom is -0.486 e. The van der Waals surface area contributed by atoms with Crippen LogP contribution in [0.2, 0.25) is 0 Å². The Labute approximate surface area is 221 Å². The topological polar surface area (TPSA) is 81.9 Å². The number of anilines is 1. The fraction of sp³-hybridized carbons (Fsp3) is 0.280. The lowest BCUT2D eigenvalue weighted by molar-refractivity contribution is -0.113. The van der Waals surface area contributed by atoms with Crippen LogP contribution in [0.3, 0.4) is 0 Å². The molecule has 182 valence electrons. The molecular formula is C25H26BrN5O2S2. The number of ether oxygens (including phenoxy) is 1. The summed E-state index contributed by atoms with van der Waals surface area (Å²) >= 11 is 6.18. The zero-order chi connectivity index (χ0) is 24.8. The average molecular weight is 573 g/mol. The fourth-order valence-corrected chi connectivity index (χ4v) is 5.14. The molecule has 0 aliphatic carbocycles. The predicted molar refractivity (Wildman–Crippen MR) is 145 cm³/mol. The van der Waals surface area contributed by atoms with Gasteiger partial charge < -0.3 is 14.6 Å². The number of carbonyl (C=O) groups is 1. The third-order valence-electron chi connectivity index (χ3n) is 5.25. The number of thiazole rings is 1. The number of hydrogen-bond acceptors (Lipinski definition) is 7. The molecule has 0 spiro atoms. The van der Waals surface area contributed by atoms with Crippen LogP contribution in [0.1, 0.15) is 38.1 Å². The summed E-state index contributed by atoms with van der Waals surface area (Å²) in [5.74, 6) is 2.07. The molecule has 2 heterocycles. The SMILES string of the molecule is CCn1c(COc2ccc(C(C)C)cc2)nnc1SCC(=O)Nc1nc(-c2ccc(Br)cc2)cs1. The van der Waals surface area contributed by atoms with Crippen molar-refractivity contribution in [1.29, 1.82) is 0 Å². The first kappa shape index (κ1) is 25.4. The van der Waals surface area contributed by atoms with Gasteiger partial charge in [-0.2, -0.15) is 0 Å². The number of rotatable bonds is 10. The van der Waals surface area contributed by atoms with Gasteiger partial charge in [0.25, 0.3) is 0 Å². The van der Waals surface area contributed by atoms with Gasteiger partial charge in [0, 0.05) is 22.0 Å². The van der Waals surface area contributed by atoms with Crippen molar-refractivity contribution in [1.82, 2.24) is 19.7 Å². The van der Waals surface area contributed by atoms with Crippen molar-refractivity contribution in [2.24, 2.45) is 0 Å². The van der Waals surface area contributed by atoms with E-state index in [1.54, 1.807) is 0 Å². The molecular weight excluding hydrogens is 546 g/mol. The van der Waals surface area contributed by atoms with Crippen molar-refractivity contribution in [3.63, 3.8) is 0 Å². The number of halogens is 1. The normalized spacial score (nSPS) is 11.1. The van der Waals surface area contributed by atoms with E-state index in [-0.39, 0.29) is 11.7 Å². The molecule has 0 saturated heterocycles. The molecule has 0 aliphatic heterocycles. The predicted octanol–water partition coefficient (Wildman–Crippen LogP) is 6.62. The largest absolute Gasteiger partial charge is 0.486 e. The Kier molecular flexibility index (Phi) is 8.59. The van der Waals surface area contributed by atoms with Gasteiger partial charge in [0.05, 0.1) is 11.4 Å². The van der Waals surface area contributed by atoms with Crippen molar-refractivity contribution in [3.8, 4) is 17.0 Å². The molecule has 7 nitrogen and oxygen atoms in total. The first-order valence-corrected chi connectivity index (χ1v) is 13.9. The average Bonchev–Trinajstić information content (AvgIpc) is 3.48. The van der Waals surface area contributed by atoms with Gasteiger partial charge in [0.15, 0.2) is 16.1 Å². The van der Waals surface area contributed by atoms with Gasteiger partial charge in [-0.05, 0) is 42.7 Å². The summed E-state index contributed by atoms with van der Waals surface area (Å²) in [5, 5.41) is 14.6. The minimum absolute atomic E-state index is 0.139.